The Bertz CT molecular complexity index is 415. The molecule has 2 aliphatic rings. The molecule has 7 heteroatoms. The first-order valence-electron chi connectivity index (χ1n) is 5.87. The zero-order valence-corrected chi connectivity index (χ0v) is 11.0. The smallest absolute Gasteiger partial charge is 0.347 e. The third-order valence-electron chi connectivity index (χ3n) is 3.58. The van der Waals surface area contributed by atoms with Crippen molar-refractivity contribution in [3.8, 4) is 6.07 Å². The molecule has 2 fully saturated rings. The van der Waals surface area contributed by atoms with E-state index in [2.05, 4.69) is 0 Å². The summed E-state index contributed by atoms with van der Waals surface area (Å²) in [6.45, 7) is 7.23. The molecule has 1 unspecified atom stereocenters. The topological polar surface area (TPSA) is 79.7 Å². The second kappa shape index (κ2) is 3.82. The average molecular weight is 253 g/mol. The second-order valence-electron chi connectivity index (χ2n) is 5.60. The van der Waals surface area contributed by atoms with Gasteiger partial charge in [0.1, 0.15) is 11.8 Å². The van der Waals surface area contributed by atoms with Gasteiger partial charge in [0.25, 0.3) is 0 Å². The fraction of sp³-hybridized carbons (Fsp3) is 0.818. The normalized spacial score (nSPS) is 30.1. The minimum Gasteiger partial charge on any atom is -0.347 e. The van der Waals surface area contributed by atoms with Gasteiger partial charge in [-0.25, -0.2) is 4.79 Å². The van der Waals surface area contributed by atoms with Gasteiger partial charge in [-0.05, 0) is 27.7 Å². The summed E-state index contributed by atoms with van der Waals surface area (Å²) < 4.78 is 0. The summed E-state index contributed by atoms with van der Waals surface area (Å²) in [5.41, 5.74) is -1.70. The van der Waals surface area contributed by atoms with E-state index in [1.807, 2.05) is 6.07 Å². The number of nitriles is 1. The Morgan fingerprint density at radius 3 is 2.56 bits per heavy atom. The van der Waals surface area contributed by atoms with Crippen LogP contribution in [0, 0.1) is 11.3 Å². The summed E-state index contributed by atoms with van der Waals surface area (Å²) in [5, 5.41) is 23.3. The first-order valence-corrected chi connectivity index (χ1v) is 5.87. The van der Waals surface area contributed by atoms with Crippen LogP contribution in [0.25, 0.3) is 0 Å². The maximum absolute atomic E-state index is 12.3. The monoisotopic (exact) mass is 253 g/mol. The predicted molar refractivity (Wildman–Crippen MR) is 59.7 cm³/mol. The fourth-order valence-corrected chi connectivity index (χ4v) is 2.78. The Labute approximate surface area is 106 Å². The van der Waals surface area contributed by atoms with Gasteiger partial charge in [-0.15, -0.1) is 10.3 Å². The van der Waals surface area contributed by atoms with Crippen LogP contribution in [-0.2, 0) is 10.0 Å². The lowest BCUT2D eigenvalue weighted by molar-refractivity contribution is -0.288. The summed E-state index contributed by atoms with van der Waals surface area (Å²) in [6.07, 6.45) is -0.746. The summed E-state index contributed by atoms with van der Waals surface area (Å²) in [6, 6.07) is 1.99. The predicted octanol–water partition coefficient (Wildman–Crippen LogP) is 1.07. The van der Waals surface area contributed by atoms with E-state index in [1.54, 1.807) is 27.7 Å². The molecule has 1 atom stereocenters. The zero-order chi connectivity index (χ0) is 13.7. The van der Waals surface area contributed by atoms with Gasteiger partial charge in [0.15, 0.2) is 0 Å². The van der Waals surface area contributed by atoms with E-state index < -0.39 is 23.5 Å². The van der Waals surface area contributed by atoms with E-state index in [4.69, 9.17) is 10.1 Å². The van der Waals surface area contributed by atoms with Crippen molar-refractivity contribution in [2.24, 2.45) is 0 Å². The molecule has 2 aliphatic heterocycles. The van der Waals surface area contributed by atoms with Crippen LogP contribution in [0.2, 0.25) is 0 Å². The molecule has 2 saturated heterocycles. The minimum atomic E-state index is -0.911. The van der Waals surface area contributed by atoms with Crippen molar-refractivity contribution < 1.29 is 14.8 Å². The number of nitrogens with zero attached hydrogens (tertiary/aromatic N) is 4. The van der Waals surface area contributed by atoms with Crippen LogP contribution in [0.1, 0.15) is 34.1 Å². The van der Waals surface area contributed by atoms with Gasteiger partial charge < -0.3 is 4.84 Å². The molecule has 0 spiro atoms. The quantitative estimate of drug-likeness (QED) is 0.735. The van der Waals surface area contributed by atoms with Crippen LogP contribution in [0.4, 0.5) is 4.79 Å². The molecular formula is C11H17N4O3. The molecular weight excluding hydrogens is 236 g/mol. The van der Waals surface area contributed by atoms with Crippen molar-refractivity contribution in [2.45, 2.75) is 51.5 Å². The Morgan fingerprint density at radius 1 is 1.39 bits per heavy atom. The third kappa shape index (κ3) is 1.50. The van der Waals surface area contributed by atoms with Crippen LogP contribution in [0.3, 0.4) is 0 Å². The number of carbonyl (C=O) groups excluding carboxylic acids is 1. The van der Waals surface area contributed by atoms with E-state index in [0.717, 1.165) is 5.06 Å². The van der Waals surface area contributed by atoms with Crippen molar-refractivity contribution in [1.29, 1.82) is 5.26 Å². The molecule has 0 aromatic heterocycles. The summed E-state index contributed by atoms with van der Waals surface area (Å²) in [5.74, 6) is 0. The summed E-state index contributed by atoms with van der Waals surface area (Å²) >= 11 is 0. The molecule has 0 bridgehead atoms. The number of hydrogen-bond donors (Lipinski definition) is 0. The Hall–Kier alpha value is -1.36. The standard InChI is InChI=1S/C11H17N4O3/c1-10(2)8-13(7-5-6-12)9(16)18-14(8)11(3,4)15(10)17/h8H,5,7H2,1-4H3. The molecule has 0 N–H and O–H groups in total. The number of carbonyl (C=O) groups is 1. The van der Waals surface area contributed by atoms with Gasteiger partial charge in [0.05, 0.1) is 18.0 Å². The molecule has 18 heavy (non-hydrogen) atoms. The molecule has 0 aromatic rings. The molecule has 0 aliphatic carbocycles. The zero-order valence-electron chi connectivity index (χ0n) is 11.0. The van der Waals surface area contributed by atoms with Gasteiger partial charge in [-0.2, -0.15) is 5.26 Å². The maximum atomic E-state index is 12.3. The molecule has 99 valence electrons. The van der Waals surface area contributed by atoms with Crippen LogP contribution < -0.4 is 0 Å². The SMILES string of the molecule is CC1(C)C2N(CCC#N)C(=O)ON2C(C)(C)N1[O]. The Balaban J connectivity index is 2.35. The highest BCUT2D eigenvalue weighted by molar-refractivity contribution is 5.70. The lowest BCUT2D eigenvalue weighted by atomic mass is 10.0. The molecule has 0 saturated carbocycles. The lowest BCUT2D eigenvalue weighted by Gasteiger charge is -2.34. The van der Waals surface area contributed by atoms with Gasteiger partial charge >= 0.3 is 6.09 Å². The Kier molecular flexibility index (Phi) is 2.77. The highest BCUT2D eigenvalue weighted by atomic mass is 16.8. The number of hydroxylamine groups is 4. The van der Waals surface area contributed by atoms with Gasteiger partial charge in [0, 0.05) is 6.54 Å². The summed E-state index contributed by atoms with van der Waals surface area (Å²) in [4.78, 5) is 18.4. The van der Waals surface area contributed by atoms with Crippen LogP contribution in [0.15, 0.2) is 0 Å². The highest BCUT2D eigenvalue weighted by Gasteiger charge is 2.66. The number of fused-ring (bicyclic) bond motifs is 1. The molecule has 1 radical (unpaired) electrons. The average Bonchev–Trinajstić information content (AvgIpc) is 2.68. The third-order valence-corrected chi connectivity index (χ3v) is 3.58. The van der Waals surface area contributed by atoms with E-state index in [9.17, 15) is 10.0 Å². The molecule has 2 heterocycles. The fourth-order valence-electron chi connectivity index (χ4n) is 2.78. The lowest BCUT2D eigenvalue weighted by Crippen LogP contribution is -2.53. The first-order chi connectivity index (χ1) is 8.24. The van der Waals surface area contributed by atoms with Crippen molar-refractivity contribution in [2.75, 3.05) is 6.54 Å². The molecule has 7 nitrogen and oxygen atoms in total. The minimum absolute atomic E-state index is 0.217. The maximum Gasteiger partial charge on any atom is 0.430 e. The van der Waals surface area contributed by atoms with Crippen LogP contribution in [0.5, 0.6) is 0 Å². The van der Waals surface area contributed by atoms with E-state index >= 15 is 0 Å². The van der Waals surface area contributed by atoms with E-state index in [0.29, 0.717) is 0 Å². The van der Waals surface area contributed by atoms with E-state index in [-0.39, 0.29) is 13.0 Å². The van der Waals surface area contributed by atoms with Crippen molar-refractivity contribution >= 4 is 6.09 Å². The van der Waals surface area contributed by atoms with Crippen molar-refractivity contribution in [3.05, 3.63) is 0 Å². The number of rotatable bonds is 2. The Morgan fingerprint density at radius 2 is 2.00 bits per heavy atom. The van der Waals surface area contributed by atoms with Gasteiger partial charge in [-0.1, -0.05) is 5.06 Å². The number of hydrogen-bond acceptors (Lipinski definition) is 5. The van der Waals surface area contributed by atoms with Crippen molar-refractivity contribution in [1.82, 2.24) is 15.0 Å². The van der Waals surface area contributed by atoms with Crippen LogP contribution >= 0.6 is 0 Å². The molecule has 1 amide bonds. The highest BCUT2D eigenvalue weighted by Crippen LogP contribution is 2.45. The molecule has 2 rings (SSSR count). The second-order valence-corrected chi connectivity index (χ2v) is 5.60. The van der Waals surface area contributed by atoms with Crippen LogP contribution in [-0.4, -0.2) is 45.0 Å². The largest absolute Gasteiger partial charge is 0.430 e. The number of amides is 1. The van der Waals surface area contributed by atoms with E-state index in [1.165, 1.54) is 9.96 Å². The van der Waals surface area contributed by atoms with Gasteiger partial charge in [-0.3, -0.25) is 4.90 Å². The van der Waals surface area contributed by atoms with Crippen molar-refractivity contribution in [3.63, 3.8) is 0 Å². The van der Waals surface area contributed by atoms with Gasteiger partial charge in [0.2, 0.25) is 0 Å². The summed E-state index contributed by atoms with van der Waals surface area (Å²) in [7, 11) is 0. The first kappa shape index (κ1) is 13.1. The molecule has 0 aromatic carbocycles.